The summed E-state index contributed by atoms with van der Waals surface area (Å²) < 4.78 is 0. The molecule has 0 aliphatic carbocycles. The van der Waals surface area contributed by atoms with Gasteiger partial charge >= 0.3 is 0 Å². The Morgan fingerprint density at radius 1 is 1.00 bits per heavy atom. The predicted octanol–water partition coefficient (Wildman–Crippen LogP) is 3.84. The van der Waals surface area contributed by atoms with Gasteiger partial charge in [-0.05, 0) is 67.8 Å². The highest BCUT2D eigenvalue weighted by Crippen LogP contribution is 2.26. The van der Waals surface area contributed by atoms with Gasteiger partial charge in [0.25, 0.3) is 11.8 Å². The lowest BCUT2D eigenvalue weighted by molar-refractivity contribution is -0.114. The molecule has 182 valence electrons. The number of carbonyl (C=O) groups excluding carboxylic acids is 2. The summed E-state index contributed by atoms with van der Waals surface area (Å²) in [5.41, 5.74) is 9.80. The van der Waals surface area contributed by atoms with Crippen molar-refractivity contribution < 1.29 is 14.4 Å². The number of hydrogen-bond donors (Lipinski definition) is 4. The Morgan fingerprint density at radius 2 is 1.71 bits per heavy atom. The minimum absolute atomic E-state index is 0.224. The molecule has 2 amide bonds. The highest BCUT2D eigenvalue weighted by molar-refractivity contribution is 6.04. The van der Waals surface area contributed by atoms with E-state index in [2.05, 4.69) is 52.4 Å². The number of hydrogen-bond acceptors (Lipinski definition) is 6. The fourth-order valence-electron chi connectivity index (χ4n) is 3.73. The highest BCUT2D eigenvalue weighted by atomic mass is 16.6. The number of carbonyl (C=O) groups is 2. The second kappa shape index (κ2) is 11.8. The van der Waals surface area contributed by atoms with Crippen molar-refractivity contribution in [1.29, 1.82) is 0 Å². The molecule has 0 fully saturated rings. The molecule has 8 nitrogen and oxygen atoms in total. The minimum Gasteiger partial charge on any atom is -0.383 e. The van der Waals surface area contributed by atoms with Gasteiger partial charge in [0.15, 0.2) is 0 Å². The second-order valence-corrected chi connectivity index (χ2v) is 8.09. The molecular weight excluding hydrogens is 442 g/mol. The van der Waals surface area contributed by atoms with Crippen LogP contribution in [0.2, 0.25) is 0 Å². The third kappa shape index (κ3) is 6.45. The summed E-state index contributed by atoms with van der Waals surface area (Å²) in [6, 6.07) is 16.9. The highest BCUT2D eigenvalue weighted by Gasteiger charge is 2.15. The molecule has 8 heteroatoms. The molecule has 2 aromatic carbocycles. The van der Waals surface area contributed by atoms with E-state index in [4.69, 9.17) is 4.84 Å². The number of benzene rings is 2. The third-order valence-electron chi connectivity index (χ3n) is 5.54. The van der Waals surface area contributed by atoms with Gasteiger partial charge in [0.1, 0.15) is 5.70 Å². The van der Waals surface area contributed by atoms with Crippen LogP contribution < -0.4 is 21.4 Å². The zero-order chi connectivity index (χ0) is 25.4. The fourth-order valence-corrected chi connectivity index (χ4v) is 3.73. The standard InChI is InChI=1S/C27H31N5O3/c1-17-8-6-9-18(2)24(17)23-14-20(12-13-29-23)16-30-19(3)25(32-35-5)27(34)31-22-11-7-10-21(15-22)26(33)28-4/h6-15,30,32H,16H2,1-5H3,(H,28,33)(H,31,34)/b25-19-. The summed E-state index contributed by atoms with van der Waals surface area (Å²) >= 11 is 0. The van der Waals surface area contributed by atoms with Crippen molar-refractivity contribution in [3.63, 3.8) is 0 Å². The van der Waals surface area contributed by atoms with Gasteiger partial charge in [0, 0.05) is 42.3 Å². The molecule has 0 spiro atoms. The molecule has 0 aliphatic rings. The van der Waals surface area contributed by atoms with Crippen LogP contribution in [0.15, 0.2) is 72.2 Å². The van der Waals surface area contributed by atoms with Crippen molar-refractivity contribution in [1.82, 2.24) is 21.1 Å². The van der Waals surface area contributed by atoms with E-state index in [0.717, 1.165) is 16.8 Å². The summed E-state index contributed by atoms with van der Waals surface area (Å²) in [4.78, 5) is 34.4. The normalized spacial score (nSPS) is 11.3. The number of pyridine rings is 1. The summed E-state index contributed by atoms with van der Waals surface area (Å²) in [6.45, 7) is 6.43. The molecule has 0 saturated carbocycles. The van der Waals surface area contributed by atoms with E-state index >= 15 is 0 Å². The first-order valence-electron chi connectivity index (χ1n) is 11.2. The molecule has 0 bridgehead atoms. The lowest BCUT2D eigenvalue weighted by Crippen LogP contribution is -2.30. The Balaban J connectivity index is 1.77. The first kappa shape index (κ1) is 25.5. The van der Waals surface area contributed by atoms with Crippen LogP contribution in [0.1, 0.15) is 34.0 Å². The molecule has 3 rings (SSSR count). The van der Waals surface area contributed by atoms with Crippen molar-refractivity contribution >= 4 is 17.5 Å². The van der Waals surface area contributed by atoms with Crippen LogP contribution >= 0.6 is 0 Å². The second-order valence-electron chi connectivity index (χ2n) is 8.09. The number of amides is 2. The monoisotopic (exact) mass is 473 g/mol. The van der Waals surface area contributed by atoms with Crippen LogP contribution in [0, 0.1) is 13.8 Å². The Kier molecular flexibility index (Phi) is 8.58. The number of aromatic nitrogens is 1. The number of allylic oxidation sites excluding steroid dienone is 1. The van der Waals surface area contributed by atoms with Gasteiger partial charge in [-0.1, -0.05) is 24.3 Å². The van der Waals surface area contributed by atoms with E-state index in [-0.39, 0.29) is 11.6 Å². The lowest BCUT2D eigenvalue weighted by atomic mass is 9.99. The largest absolute Gasteiger partial charge is 0.383 e. The molecule has 3 aromatic rings. The average Bonchev–Trinajstić information content (AvgIpc) is 2.85. The topological polar surface area (TPSA) is 104 Å². The van der Waals surface area contributed by atoms with E-state index in [9.17, 15) is 9.59 Å². The first-order valence-corrected chi connectivity index (χ1v) is 11.2. The van der Waals surface area contributed by atoms with Crippen molar-refractivity contribution in [2.45, 2.75) is 27.3 Å². The van der Waals surface area contributed by atoms with Gasteiger partial charge in [0.05, 0.1) is 12.8 Å². The molecule has 0 radical (unpaired) electrons. The van der Waals surface area contributed by atoms with Gasteiger partial charge in [-0.3, -0.25) is 24.9 Å². The quantitative estimate of drug-likeness (QED) is 0.278. The minimum atomic E-state index is -0.406. The Bertz CT molecular complexity index is 1230. The van der Waals surface area contributed by atoms with Crippen molar-refractivity contribution in [2.75, 3.05) is 19.5 Å². The van der Waals surface area contributed by atoms with Crippen molar-refractivity contribution in [2.24, 2.45) is 0 Å². The Morgan fingerprint density at radius 3 is 2.40 bits per heavy atom. The van der Waals surface area contributed by atoms with Gasteiger partial charge in [0.2, 0.25) is 0 Å². The molecule has 0 aliphatic heterocycles. The molecule has 4 N–H and O–H groups in total. The van der Waals surface area contributed by atoms with E-state index in [1.54, 1.807) is 44.4 Å². The maximum Gasteiger partial charge on any atom is 0.275 e. The number of rotatable bonds is 9. The third-order valence-corrected chi connectivity index (χ3v) is 5.54. The predicted molar refractivity (Wildman–Crippen MR) is 137 cm³/mol. The van der Waals surface area contributed by atoms with Crippen LogP contribution in [0.25, 0.3) is 11.3 Å². The maximum absolute atomic E-state index is 13.0. The van der Waals surface area contributed by atoms with Crippen LogP contribution in [-0.2, 0) is 16.2 Å². The molecule has 0 saturated heterocycles. The average molecular weight is 474 g/mol. The van der Waals surface area contributed by atoms with Crippen LogP contribution in [-0.4, -0.2) is 31.0 Å². The van der Waals surface area contributed by atoms with Crippen LogP contribution in [0.3, 0.4) is 0 Å². The smallest absolute Gasteiger partial charge is 0.275 e. The van der Waals surface area contributed by atoms with E-state index in [1.807, 2.05) is 18.2 Å². The SMILES string of the molecule is CNC(=O)c1cccc(NC(=O)/C(NOC)=C(\C)NCc2ccnc(-c3c(C)cccc3C)c2)c1. The summed E-state index contributed by atoms with van der Waals surface area (Å²) in [6.07, 6.45) is 1.79. The van der Waals surface area contributed by atoms with E-state index < -0.39 is 5.91 Å². The molecular formula is C27H31N5O3. The zero-order valence-electron chi connectivity index (χ0n) is 20.7. The van der Waals surface area contributed by atoms with E-state index in [1.165, 1.54) is 18.2 Å². The summed E-state index contributed by atoms with van der Waals surface area (Å²) in [7, 11) is 2.99. The Hall–Kier alpha value is -4.17. The van der Waals surface area contributed by atoms with Crippen LogP contribution in [0.5, 0.6) is 0 Å². The number of nitrogens with one attached hydrogen (secondary N) is 4. The summed E-state index contributed by atoms with van der Waals surface area (Å²) in [5, 5.41) is 8.65. The maximum atomic E-state index is 13.0. The lowest BCUT2D eigenvalue weighted by Gasteiger charge is -2.16. The van der Waals surface area contributed by atoms with Crippen LogP contribution in [0.4, 0.5) is 5.69 Å². The number of anilines is 1. The fraction of sp³-hybridized carbons (Fsp3) is 0.222. The van der Waals surface area contributed by atoms with E-state index in [0.29, 0.717) is 23.5 Å². The van der Waals surface area contributed by atoms with Gasteiger partial charge in [-0.2, -0.15) is 0 Å². The summed E-state index contributed by atoms with van der Waals surface area (Å²) in [5.74, 6) is -0.640. The molecule has 0 atom stereocenters. The van der Waals surface area contributed by atoms with Gasteiger partial charge in [-0.15, -0.1) is 0 Å². The zero-order valence-corrected chi connectivity index (χ0v) is 20.7. The molecule has 0 unspecified atom stereocenters. The number of nitrogens with zero attached hydrogens (tertiary/aromatic N) is 1. The molecule has 1 aromatic heterocycles. The molecule has 35 heavy (non-hydrogen) atoms. The first-order chi connectivity index (χ1) is 16.8. The van der Waals surface area contributed by atoms with Gasteiger partial charge < -0.3 is 16.0 Å². The molecule has 1 heterocycles. The number of hydroxylamine groups is 1. The Labute approximate surface area is 205 Å². The van der Waals surface area contributed by atoms with Crippen molar-refractivity contribution in [3.05, 3.63) is 94.4 Å². The number of aryl methyl sites for hydroxylation is 2. The van der Waals surface area contributed by atoms with Gasteiger partial charge in [-0.25, -0.2) is 0 Å². The van der Waals surface area contributed by atoms with Crippen molar-refractivity contribution in [3.8, 4) is 11.3 Å².